The van der Waals surface area contributed by atoms with Crippen LogP contribution in [0, 0.1) is 0 Å². The van der Waals surface area contributed by atoms with Crippen LogP contribution in [0.4, 0.5) is 0 Å². The predicted molar refractivity (Wildman–Crippen MR) is 111 cm³/mol. The lowest BCUT2D eigenvalue weighted by Crippen LogP contribution is -2.39. The van der Waals surface area contributed by atoms with E-state index in [4.69, 9.17) is 9.47 Å². The number of ether oxygens (including phenoxy) is 2. The summed E-state index contributed by atoms with van der Waals surface area (Å²) in [5, 5.41) is 4.18. The quantitative estimate of drug-likeness (QED) is 0.589. The normalized spacial score (nSPS) is 19.8. The number of benzene rings is 1. The maximum absolute atomic E-state index is 13.1. The zero-order valence-electron chi connectivity index (χ0n) is 15.9. The van der Waals surface area contributed by atoms with Gasteiger partial charge in [-0.2, -0.15) is 0 Å². The number of nitrogens with one attached hydrogen (secondary N) is 2. The van der Waals surface area contributed by atoms with Crippen molar-refractivity contribution in [3.8, 4) is 10.4 Å². The van der Waals surface area contributed by atoms with Gasteiger partial charge in [0.25, 0.3) is 5.91 Å². The summed E-state index contributed by atoms with van der Waals surface area (Å²) >= 11 is 1.57. The van der Waals surface area contributed by atoms with Crippen LogP contribution in [0.5, 0.6) is 0 Å². The molecule has 2 aromatic heterocycles. The third kappa shape index (κ3) is 4.27. The molecule has 0 radical (unpaired) electrons. The number of aromatic nitrogens is 2. The molecule has 1 fully saturated rings. The SMILES string of the molecule is COCCO[C@H]1CC[C@H](NC(=O)c2cc(-c3cncs3)cc3[nH]ccc23)CC1. The van der Waals surface area contributed by atoms with Crippen molar-refractivity contribution in [1.82, 2.24) is 15.3 Å². The number of rotatable bonds is 7. The van der Waals surface area contributed by atoms with Crippen LogP contribution in [-0.2, 0) is 9.47 Å². The molecule has 0 bridgehead atoms. The van der Waals surface area contributed by atoms with E-state index in [1.165, 1.54) is 0 Å². The molecule has 0 atom stereocenters. The van der Waals surface area contributed by atoms with Gasteiger partial charge in [-0.3, -0.25) is 9.78 Å². The molecule has 2 heterocycles. The van der Waals surface area contributed by atoms with Crippen LogP contribution < -0.4 is 5.32 Å². The molecule has 1 amide bonds. The maximum Gasteiger partial charge on any atom is 0.252 e. The first-order valence-electron chi connectivity index (χ1n) is 9.66. The summed E-state index contributed by atoms with van der Waals surface area (Å²) in [5.74, 6) is -0.0142. The second-order valence-corrected chi connectivity index (χ2v) is 8.03. The molecular formula is C21H25N3O3S. The van der Waals surface area contributed by atoms with Gasteiger partial charge in [0.2, 0.25) is 0 Å². The molecule has 3 aromatic rings. The van der Waals surface area contributed by atoms with Gasteiger partial charge in [-0.05, 0) is 49.4 Å². The average molecular weight is 400 g/mol. The fraction of sp³-hybridized carbons (Fsp3) is 0.429. The van der Waals surface area contributed by atoms with Crippen LogP contribution in [0.1, 0.15) is 36.0 Å². The molecule has 1 aliphatic carbocycles. The largest absolute Gasteiger partial charge is 0.382 e. The van der Waals surface area contributed by atoms with Gasteiger partial charge in [0.05, 0.1) is 29.7 Å². The summed E-state index contributed by atoms with van der Waals surface area (Å²) < 4.78 is 10.9. The fourth-order valence-corrected chi connectivity index (χ4v) is 4.40. The fourth-order valence-electron chi connectivity index (χ4n) is 3.79. The van der Waals surface area contributed by atoms with Crippen molar-refractivity contribution < 1.29 is 14.3 Å². The number of amides is 1. The lowest BCUT2D eigenvalue weighted by molar-refractivity contribution is -0.00408. The second-order valence-electron chi connectivity index (χ2n) is 7.14. The number of nitrogens with zero attached hydrogens (tertiary/aromatic N) is 1. The molecule has 0 saturated heterocycles. The Labute approximate surface area is 168 Å². The van der Waals surface area contributed by atoms with Crippen molar-refractivity contribution in [2.75, 3.05) is 20.3 Å². The Morgan fingerprint density at radius 2 is 2.14 bits per heavy atom. The third-order valence-electron chi connectivity index (χ3n) is 5.28. The minimum absolute atomic E-state index is 0.0142. The Morgan fingerprint density at radius 1 is 1.29 bits per heavy atom. The van der Waals surface area contributed by atoms with E-state index in [2.05, 4.69) is 21.4 Å². The molecule has 2 N–H and O–H groups in total. The molecule has 1 aromatic carbocycles. The van der Waals surface area contributed by atoms with Crippen molar-refractivity contribution >= 4 is 28.1 Å². The average Bonchev–Trinajstić information content (AvgIpc) is 3.40. The zero-order valence-corrected chi connectivity index (χ0v) is 16.8. The summed E-state index contributed by atoms with van der Waals surface area (Å²) in [4.78, 5) is 21.5. The van der Waals surface area contributed by atoms with E-state index in [0.717, 1.165) is 47.0 Å². The van der Waals surface area contributed by atoms with E-state index in [9.17, 15) is 4.79 Å². The predicted octanol–water partition coefficient (Wildman–Crippen LogP) is 4.00. The second kappa shape index (κ2) is 8.86. The highest BCUT2D eigenvalue weighted by atomic mass is 32.1. The highest BCUT2D eigenvalue weighted by molar-refractivity contribution is 7.13. The zero-order chi connectivity index (χ0) is 19.3. The first-order chi connectivity index (χ1) is 13.7. The van der Waals surface area contributed by atoms with Gasteiger partial charge in [0.1, 0.15) is 0 Å². The molecule has 28 heavy (non-hydrogen) atoms. The van der Waals surface area contributed by atoms with E-state index in [1.54, 1.807) is 24.0 Å². The smallest absolute Gasteiger partial charge is 0.252 e. The van der Waals surface area contributed by atoms with Crippen molar-refractivity contribution in [3.63, 3.8) is 0 Å². The van der Waals surface area contributed by atoms with Crippen LogP contribution in [0.25, 0.3) is 21.3 Å². The highest BCUT2D eigenvalue weighted by Crippen LogP contribution is 2.30. The van der Waals surface area contributed by atoms with Gasteiger partial charge in [0.15, 0.2) is 0 Å². The molecule has 6 nitrogen and oxygen atoms in total. The van der Waals surface area contributed by atoms with E-state index >= 15 is 0 Å². The van der Waals surface area contributed by atoms with Crippen molar-refractivity contribution in [2.24, 2.45) is 0 Å². The summed E-state index contributed by atoms with van der Waals surface area (Å²) in [7, 11) is 1.68. The lowest BCUT2D eigenvalue weighted by atomic mass is 9.92. The number of fused-ring (bicyclic) bond motifs is 1. The van der Waals surface area contributed by atoms with Crippen molar-refractivity contribution in [3.05, 3.63) is 41.7 Å². The van der Waals surface area contributed by atoms with Gasteiger partial charge in [0, 0.05) is 42.0 Å². The van der Waals surface area contributed by atoms with E-state index in [-0.39, 0.29) is 18.1 Å². The standard InChI is InChI=1S/C21H25N3O3S/c1-26-8-9-27-16-4-2-15(3-5-16)24-21(25)18-10-14(20-12-22-13-28-20)11-19-17(18)6-7-23-19/h6-7,10-13,15-16,23H,2-5,8-9H2,1H3,(H,24,25)/t15-,16-. The van der Waals surface area contributed by atoms with Gasteiger partial charge in [-0.25, -0.2) is 0 Å². The van der Waals surface area contributed by atoms with Crippen LogP contribution in [0.2, 0.25) is 0 Å². The summed E-state index contributed by atoms with van der Waals surface area (Å²) in [5.41, 5.74) is 4.49. The summed E-state index contributed by atoms with van der Waals surface area (Å²) in [6, 6.07) is 6.19. The number of hydrogen-bond acceptors (Lipinski definition) is 5. The lowest BCUT2D eigenvalue weighted by Gasteiger charge is -2.29. The van der Waals surface area contributed by atoms with Crippen LogP contribution >= 0.6 is 11.3 Å². The molecule has 7 heteroatoms. The van der Waals surface area contributed by atoms with Crippen molar-refractivity contribution in [1.29, 1.82) is 0 Å². The first kappa shape index (κ1) is 19.1. The molecule has 1 aliphatic rings. The Kier molecular flexibility index (Phi) is 6.04. The summed E-state index contributed by atoms with van der Waals surface area (Å²) in [6.07, 6.45) is 7.79. The topological polar surface area (TPSA) is 76.2 Å². The molecule has 0 aliphatic heterocycles. The number of H-pyrrole nitrogens is 1. The molecule has 1 saturated carbocycles. The van der Waals surface area contributed by atoms with Gasteiger partial charge in [-0.1, -0.05) is 0 Å². The number of carbonyl (C=O) groups excluding carboxylic acids is 1. The number of methoxy groups -OCH3 is 1. The van der Waals surface area contributed by atoms with Gasteiger partial charge in [-0.15, -0.1) is 11.3 Å². The van der Waals surface area contributed by atoms with Crippen LogP contribution in [0.15, 0.2) is 36.1 Å². The molecule has 4 rings (SSSR count). The highest BCUT2D eigenvalue weighted by Gasteiger charge is 2.24. The van der Waals surface area contributed by atoms with E-state index in [1.807, 2.05) is 24.5 Å². The van der Waals surface area contributed by atoms with Gasteiger partial charge >= 0.3 is 0 Å². The minimum atomic E-state index is -0.0142. The number of hydrogen-bond donors (Lipinski definition) is 2. The molecule has 0 unspecified atom stereocenters. The molecule has 148 valence electrons. The van der Waals surface area contributed by atoms with E-state index in [0.29, 0.717) is 18.8 Å². The van der Waals surface area contributed by atoms with E-state index < -0.39 is 0 Å². The maximum atomic E-state index is 13.1. The van der Waals surface area contributed by atoms with Crippen LogP contribution in [-0.4, -0.2) is 48.3 Å². The number of carbonyl (C=O) groups is 1. The number of aromatic amines is 1. The van der Waals surface area contributed by atoms with Gasteiger partial charge < -0.3 is 19.8 Å². The third-order valence-corrected chi connectivity index (χ3v) is 6.10. The first-order valence-corrected chi connectivity index (χ1v) is 10.5. The Hall–Kier alpha value is -2.22. The van der Waals surface area contributed by atoms with Crippen molar-refractivity contribution in [2.45, 2.75) is 37.8 Å². The molecule has 0 spiro atoms. The Balaban J connectivity index is 1.44. The Morgan fingerprint density at radius 3 is 2.89 bits per heavy atom. The minimum Gasteiger partial charge on any atom is -0.382 e. The number of thiazole rings is 1. The monoisotopic (exact) mass is 399 g/mol. The Bertz CT molecular complexity index is 914. The summed E-state index contributed by atoms with van der Waals surface area (Å²) in [6.45, 7) is 1.26. The van der Waals surface area contributed by atoms with Crippen LogP contribution in [0.3, 0.4) is 0 Å². The molecular weight excluding hydrogens is 374 g/mol.